The van der Waals surface area contributed by atoms with E-state index in [-0.39, 0.29) is 18.0 Å². The lowest BCUT2D eigenvalue weighted by molar-refractivity contribution is 0.108. The molecule has 0 bridgehead atoms. The molecule has 0 spiro atoms. The number of nitrogens with zero attached hydrogens (tertiary/aromatic N) is 2. The summed E-state index contributed by atoms with van der Waals surface area (Å²) in [4.78, 5) is 27.0. The molecule has 0 saturated carbocycles. The number of nitrogens with one attached hydrogen (secondary N) is 1. The average molecular weight is 369 g/mol. The summed E-state index contributed by atoms with van der Waals surface area (Å²) < 4.78 is 31.6. The molecule has 1 fully saturated rings. The van der Waals surface area contributed by atoms with Crippen LogP contribution in [0.1, 0.15) is 18.9 Å². The SMILES string of the molecule is CCOC(=O)N1CCCN(C(=O)NS(=O)(=O)c2ccc(C)cc2)CC1. The first kappa shape index (κ1) is 19.0. The number of hydrogen-bond donors (Lipinski definition) is 1. The topological polar surface area (TPSA) is 96.0 Å². The maximum atomic E-state index is 12.3. The average Bonchev–Trinajstić information content (AvgIpc) is 2.81. The Morgan fingerprint density at radius 2 is 1.68 bits per heavy atom. The van der Waals surface area contributed by atoms with Crippen LogP contribution in [-0.2, 0) is 14.8 Å². The number of sulfonamides is 1. The van der Waals surface area contributed by atoms with E-state index >= 15 is 0 Å². The monoisotopic (exact) mass is 369 g/mol. The van der Waals surface area contributed by atoms with Gasteiger partial charge in [0.1, 0.15) is 0 Å². The van der Waals surface area contributed by atoms with Crippen molar-refractivity contribution < 1.29 is 22.7 Å². The molecular formula is C16H23N3O5S. The molecule has 0 unspecified atom stereocenters. The normalized spacial score (nSPS) is 15.4. The minimum absolute atomic E-state index is 0.0365. The van der Waals surface area contributed by atoms with Crippen molar-refractivity contribution in [3.63, 3.8) is 0 Å². The van der Waals surface area contributed by atoms with Crippen LogP contribution in [0.5, 0.6) is 0 Å². The Morgan fingerprint density at radius 3 is 2.32 bits per heavy atom. The minimum atomic E-state index is -3.92. The van der Waals surface area contributed by atoms with Crippen LogP contribution < -0.4 is 4.72 Å². The lowest BCUT2D eigenvalue weighted by Crippen LogP contribution is -2.44. The Bertz CT molecular complexity index is 718. The predicted molar refractivity (Wildman–Crippen MR) is 91.7 cm³/mol. The van der Waals surface area contributed by atoms with Crippen LogP contribution in [0.2, 0.25) is 0 Å². The van der Waals surface area contributed by atoms with Gasteiger partial charge in [0.15, 0.2) is 0 Å². The number of ether oxygens (including phenoxy) is 1. The van der Waals surface area contributed by atoms with Crippen molar-refractivity contribution in [2.75, 3.05) is 32.8 Å². The fourth-order valence-electron chi connectivity index (χ4n) is 2.47. The number of rotatable bonds is 3. The highest BCUT2D eigenvalue weighted by Crippen LogP contribution is 2.11. The molecule has 1 saturated heterocycles. The van der Waals surface area contributed by atoms with Gasteiger partial charge in [-0.1, -0.05) is 17.7 Å². The van der Waals surface area contributed by atoms with E-state index in [0.717, 1.165) is 5.56 Å². The summed E-state index contributed by atoms with van der Waals surface area (Å²) in [7, 11) is -3.92. The first-order valence-corrected chi connectivity index (χ1v) is 9.62. The number of aryl methyl sites for hydroxylation is 1. The van der Waals surface area contributed by atoms with E-state index in [1.165, 1.54) is 21.9 Å². The zero-order valence-corrected chi connectivity index (χ0v) is 15.2. The number of carbonyl (C=O) groups excluding carboxylic acids is 2. The molecule has 25 heavy (non-hydrogen) atoms. The largest absolute Gasteiger partial charge is 0.450 e. The summed E-state index contributed by atoms with van der Waals surface area (Å²) in [6, 6.07) is 5.56. The number of carbonyl (C=O) groups is 2. The van der Waals surface area contributed by atoms with Crippen LogP contribution in [0, 0.1) is 6.92 Å². The molecule has 0 aliphatic carbocycles. The molecule has 8 nitrogen and oxygen atoms in total. The lowest BCUT2D eigenvalue weighted by atomic mass is 10.2. The van der Waals surface area contributed by atoms with E-state index in [4.69, 9.17) is 4.74 Å². The Labute approximate surface area is 147 Å². The molecule has 1 N–H and O–H groups in total. The number of amides is 3. The molecule has 1 aromatic carbocycles. The first-order valence-electron chi connectivity index (χ1n) is 8.13. The Hall–Kier alpha value is -2.29. The van der Waals surface area contributed by atoms with Gasteiger partial charge in [0.2, 0.25) is 0 Å². The number of hydrogen-bond acceptors (Lipinski definition) is 5. The second-order valence-corrected chi connectivity index (χ2v) is 7.43. The van der Waals surface area contributed by atoms with Crippen molar-refractivity contribution in [2.45, 2.75) is 25.2 Å². The third-order valence-corrected chi connectivity index (χ3v) is 5.20. The summed E-state index contributed by atoms with van der Waals surface area (Å²) in [5.74, 6) is 0. The quantitative estimate of drug-likeness (QED) is 0.872. The van der Waals surface area contributed by atoms with Crippen LogP contribution in [0.3, 0.4) is 0 Å². The van der Waals surface area contributed by atoms with E-state index in [1.54, 1.807) is 19.1 Å². The fourth-order valence-corrected chi connectivity index (χ4v) is 3.44. The van der Waals surface area contributed by atoms with E-state index in [0.29, 0.717) is 26.1 Å². The van der Waals surface area contributed by atoms with E-state index in [9.17, 15) is 18.0 Å². The van der Waals surface area contributed by atoms with E-state index in [1.807, 2.05) is 6.92 Å². The van der Waals surface area contributed by atoms with Crippen molar-refractivity contribution in [1.29, 1.82) is 0 Å². The van der Waals surface area contributed by atoms with Crippen molar-refractivity contribution in [3.8, 4) is 0 Å². The maximum Gasteiger partial charge on any atom is 0.409 e. The van der Waals surface area contributed by atoms with Crippen molar-refractivity contribution in [2.24, 2.45) is 0 Å². The van der Waals surface area contributed by atoms with Gasteiger partial charge in [0.05, 0.1) is 11.5 Å². The second kappa shape index (κ2) is 8.19. The van der Waals surface area contributed by atoms with Crippen LogP contribution in [0.4, 0.5) is 9.59 Å². The molecule has 138 valence electrons. The number of urea groups is 1. The molecule has 1 aromatic rings. The van der Waals surface area contributed by atoms with Crippen LogP contribution in [-0.4, -0.2) is 63.1 Å². The zero-order chi connectivity index (χ0) is 18.4. The van der Waals surface area contributed by atoms with Gasteiger partial charge < -0.3 is 14.5 Å². The van der Waals surface area contributed by atoms with Crippen LogP contribution in [0.25, 0.3) is 0 Å². The third kappa shape index (κ3) is 5.09. The van der Waals surface area contributed by atoms with E-state index < -0.39 is 22.1 Å². The molecule has 0 aromatic heterocycles. The zero-order valence-electron chi connectivity index (χ0n) is 14.4. The highest BCUT2D eigenvalue weighted by molar-refractivity contribution is 7.90. The maximum absolute atomic E-state index is 12.3. The Morgan fingerprint density at radius 1 is 1.08 bits per heavy atom. The highest BCUT2D eigenvalue weighted by Gasteiger charge is 2.25. The standard InChI is InChI=1S/C16H23N3O5S/c1-3-24-16(21)19-10-4-9-18(11-12-19)15(20)17-25(22,23)14-7-5-13(2)6-8-14/h5-8H,3-4,9-12H2,1-2H3,(H,17,20). The van der Waals surface area contributed by atoms with Gasteiger partial charge >= 0.3 is 12.1 Å². The third-order valence-electron chi connectivity index (χ3n) is 3.86. The van der Waals surface area contributed by atoms with Gasteiger partial charge in [0.25, 0.3) is 10.0 Å². The highest BCUT2D eigenvalue weighted by atomic mass is 32.2. The summed E-state index contributed by atoms with van der Waals surface area (Å²) in [6.07, 6.45) is 0.133. The molecule has 3 amide bonds. The molecular weight excluding hydrogens is 346 g/mol. The van der Waals surface area contributed by atoms with Crippen LogP contribution in [0.15, 0.2) is 29.2 Å². The summed E-state index contributed by atoms with van der Waals surface area (Å²) in [6.45, 7) is 5.24. The summed E-state index contributed by atoms with van der Waals surface area (Å²) >= 11 is 0. The molecule has 9 heteroatoms. The van der Waals surface area contributed by atoms with Gasteiger partial charge in [-0.05, 0) is 32.4 Å². The smallest absolute Gasteiger partial charge is 0.409 e. The molecule has 0 radical (unpaired) electrons. The van der Waals surface area contributed by atoms with Gasteiger partial charge in [-0.15, -0.1) is 0 Å². The lowest BCUT2D eigenvalue weighted by Gasteiger charge is -2.22. The summed E-state index contributed by atoms with van der Waals surface area (Å²) in [5, 5.41) is 0. The van der Waals surface area contributed by atoms with Crippen molar-refractivity contribution >= 4 is 22.1 Å². The van der Waals surface area contributed by atoms with Crippen LogP contribution >= 0.6 is 0 Å². The fraction of sp³-hybridized carbons (Fsp3) is 0.500. The molecule has 2 rings (SSSR count). The molecule has 1 aliphatic rings. The van der Waals surface area contributed by atoms with Gasteiger partial charge in [-0.3, -0.25) is 0 Å². The minimum Gasteiger partial charge on any atom is -0.450 e. The van der Waals surface area contributed by atoms with Crippen molar-refractivity contribution in [3.05, 3.63) is 29.8 Å². The number of benzene rings is 1. The first-order chi connectivity index (χ1) is 11.8. The summed E-state index contributed by atoms with van der Waals surface area (Å²) in [5.41, 5.74) is 0.928. The van der Waals surface area contributed by atoms with Gasteiger partial charge in [0, 0.05) is 26.2 Å². The molecule has 1 heterocycles. The van der Waals surface area contributed by atoms with Gasteiger partial charge in [-0.25, -0.2) is 22.7 Å². The Kier molecular flexibility index (Phi) is 6.24. The Balaban J connectivity index is 1.98. The predicted octanol–water partition coefficient (Wildman–Crippen LogP) is 1.56. The molecule has 0 atom stereocenters. The molecule has 1 aliphatic heterocycles. The van der Waals surface area contributed by atoms with E-state index in [2.05, 4.69) is 4.72 Å². The van der Waals surface area contributed by atoms with Crippen molar-refractivity contribution in [1.82, 2.24) is 14.5 Å². The van der Waals surface area contributed by atoms with Gasteiger partial charge in [-0.2, -0.15) is 0 Å². The second-order valence-electron chi connectivity index (χ2n) is 5.75.